The minimum Gasteiger partial charge on any atom is -0.494 e. The quantitative estimate of drug-likeness (QED) is 0.163. The van der Waals surface area contributed by atoms with Gasteiger partial charge in [-0.15, -0.1) is 0 Å². The number of carbonyl (C=O) groups excluding carboxylic acids is 1. The van der Waals surface area contributed by atoms with Crippen molar-refractivity contribution in [3.63, 3.8) is 0 Å². The molecule has 168 valence electrons. The lowest BCUT2D eigenvalue weighted by atomic mass is 10.2. The van der Waals surface area contributed by atoms with E-state index < -0.39 is 18.6 Å². The lowest BCUT2D eigenvalue weighted by Crippen LogP contribution is -2.09. The molecule has 0 amide bonds. The number of benzene rings is 2. The van der Waals surface area contributed by atoms with Crippen LogP contribution in [0.4, 0.5) is 13.2 Å². The molecule has 0 N–H and O–H groups in total. The molecule has 0 atom stereocenters. The van der Waals surface area contributed by atoms with E-state index in [1.165, 1.54) is 18.2 Å². The fourth-order valence-corrected chi connectivity index (χ4v) is 2.60. The van der Waals surface area contributed by atoms with Crippen molar-refractivity contribution < 1.29 is 32.2 Å². The number of rotatable bonds is 12. The molecular formula is C24H27F3O4. The summed E-state index contributed by atoms with van der Waals surface area (Å²) in [6.45, 7) is 2.79. The van der Waals surface area contributed by atoms with E-state index in [-0.39, 0.29) is 13.0 Å². The van der Waals surface area contributed by atoms with E-state index in [0.717, 1.165) is 30.6 Å². The molecule has 0 saturated carbocycles. The highest BCUT2D eigenvalue weighted by Gasteiger charge is 2.26. The third-order valence-electron chi connectivity index (χ3n) is 4.22. The van der Waals surface area contributed by atoms with E-state index in [1.807, 2.05) is 24.3 Å². The van der Waals surface area contributed by atoms with Gasteiger partial charge >= 0.3 is 12.1 Å². The summed E-state index contributed by atoms with van der Waals surface area (Å²) in [4.78, 5) is 12.0. The van der Waals surface area contributed by atoms with Gasteiger partial charge in [0.1, 0.15) is 17.2 Å². The number of ether oxygens (including phenoxy) is 3. The van der Waals surface area contributed by atoms with Crippen molar-refractivity contribution in [2.75, 3.05) is 13.2 Å². The van der Waals surface area contributed by atoms with E-state index in [1.54, 1.807) is 18.2 Å². The maximum Gasteiger partial charge on any atom is 0.389 e. The highest BCUT2D eigenvalue weighted by Crippen LogP contribution is 2.22. The first-order chi connectivity index (χ1) is 14.9. The molecule has 0 spiro atoms. The van der Waals surface area contributed by atoms with Crippen LogP contribution < -0.4 is 14.2 Å². The summed E-state index contributed by atoms with van der Waals surface area (Å²) < 4.78 is 52.4. The van der Waals surface area contributed by atoms with Crippen molar-refractivity contribution in [1.82, 2.24) is 0 Å². The maximum atomic E-state index is 12.1. The number of esters is 1. The zero-order valence-electron chi connectivity index (χ0n) is 17.5. The van der Waals surface area contributed by atoms with Crippen molar-refractivity contribution >= 4 is 12.0 Å². The first-order valence-electron chi connectivity index (χ1n) is 10.3. The summed E-state index contributed by atoms with van der Waals surface area (Å²) >= 11 is 0. The third kappa shape index (κ3) is 10.6. The number of carbonyl (C=O) groups is 1. The van der Waals surface area contributed by atoms with Gasteiger partial charge in [-0.2, -0.15) is 13.2 Å². The van der Waals surface area contributed by atoms with Crippen LogP contribution in [0.2, 0.25) is 0 Å². The van der Waals surface area contributed by atoms with E-state index in [9.17, 15) is 18.0 Å². The monoisotopic (exact) mass is 436 g/mol. The van der Waals surface area contributed by atoms with Gasteiger partial charge in [-0.25, -0.2) is 4.79 Å². The van der Waals surface area contributed by atoms with Crippen LogP contribution in [0.15, 0.2) is 54.6 Å². The lowest BCUT2D eigenvalue weighted by Gasteiger charge is -2.08. The molecule has 0 fully saturated rings. The van der Waals surface area contributed by atoms with E-state index in [4.69, 9.17) is 14.2 Å². The van der Waals surface area contributed by atoms with Gasteiger partial charge in [-0.3, -0.25) is 0 Å². The summed E-state index contributed by atoms with van der Waals surface area (Å²) in [5.74, 6) is 0.970. The average Bonchev–Trinajstić information content (AvgIpc) is 2.74. The van der Waals surface area contributed by atoms with E-state index in [2.05, 4.69) is 6.92 Å². The van der Waals surface area contributed by atoms with Gasteiger partial charge in [-0.05, 0) is 60.9 Å². The average molecular weight is 436 g/mol. The van der Waals surface area contributed by atoms with Gasteiger partial charge in [0.25, 0.3) is 0 Å². The molecule has 2 aromatic carbocycles. The van der Waals surface area contributed by atoms with Gasteiger partial charge in [0.05, 0.1) is 13.2 Å². The Labute approximate surface area is 180 Å². The summed E-state index contributed by atoms with van der Waals surface area (Å²) in [5, 5.41) is 0. The standard InChI is InChI=1S/C24H27F3O4/c1-2-3-4-17-29-20-9-6-19(7-10-20)8-15-23(28)31-22-13-11-21(12-14-22)30-18-5-16-24(25,26)27/h6-15H,2-5,16-18H2,1H3. The lowest BCUT2D eigenvalue weighted by molar-refractivity contribution is -0.136. The van der Waals surface area contributed by atoms with Crippen LogP contribution in [-0.2, 0) is 4.79 Å². The molecule has 0 aliphatic rings. The predicted molar refractivity (Wildman–Crippen MR) is 113 cm³/mol. The maximum absolute atomic E-state index is 12.1. The molecule has 2 aromatic rings. The molecule has 2 rings (SSSR count). The van der Waals surface area contributed by atoms with Gasteiger partial charge < -0.3 is 14.2 Å². The molecule has 0 saturated heterocycles. The minimum absolute atomic E-state index is 0.0377. The Morgan fingerprint density at radius 2 is 1.39 bits per heavy atom. The molecule has 0 aliphatic carbocycles. The van der Waals surface area contributed by atoms with Crippen molar-refractivity contribution in [1.29, 1.82) is 0 Å². The van der Waals surface area contributed by atoms with Crippen molar-refractivity contribution in [2.45, 2.75) is 45.2 Å². The number of halogens is 3. The Balaban J connectivity index is 1.74. The van der Waals surface area contributed by atoms with Gasteiger partial charge in [0, 0.05) is 12.5 Å². The minimum atomic E-state index is -4.18. The Morgan fingerprint density at radius 3 is 1.97 bits per heavy atom. The van der Waals surface area contributed by atoms with Gasteiger partial charge in [0.2, 0.25) is 0 Å². The molecule has 0 aliphatic heterocycles. The molecule has 0 aromatic heterocycles. The Morgan fingerprint density at radius 1 is 0.839 bits per heavy atom. The number of alkyl halides is 3. The van der Waals surface area contributed by atoms with Crippen LogP contribution in [0, 0.1) is 0 Å². The van der Waals surface area contributed by atoms with Crippen LogP contribution in [0.5, 0.6) is 17.2 Å². The molecule has 31 heavy (non-hydrogen) atoms. The molecule has 0 heterocycles. The molecule has 7 heteroatoms. The normalized spacial score (nSPS) is 11.5. The first-order valence-corrected chi connectivity index (χ1v) is 10.3. The summed E-state index contributed by atoms with van der Waals surface area (Å²) in [6, 6.07) is 13.5. The smallest absolute Gasteiger partial charge is 0.389 e. The molecule has 4 nitrogen and oxygen atoms in total. The van der Waals surface area contributed by atoms with Gasteiger partial charge in [-0.1, -0.05) is 31.9 Å². The van der Waals surface area contributed by atoms with Crippen molar-refractivity contribution in [3.05, 3.63) is 60.2 Å². The molecule has 0 bridgehead atoms. The van der Waals surface area contributed by atoms with Crippen LogP contribution in [-0.4, -0.2) is 25.4 Å². The Bertz CT molecular complexity index is 812. The first kappa shape index (κ1) is 24.3. The van der Waals surface area contributed by atoms with Gasteiger partial charge in [0.15, 0.2) is 0 Å². The van der Waals surface area contributed by atoms with Crippen LogP contribution in [0.1, 0.15) is 44.6 Å². The number of hydrogen-bond acceptors (Lipinski definition) is 4. The summed E-state index contributed by atoms with van der Waals surface area (Å²) in [6.07, 6.45) is 1.09. The number of hydrogen-bond donors (Lipinski definition) is 0. The zero-order valence-corrected chi connectivity index (χ0v) is 17.5. The summed E-state index contributed by atoms with van der Waals surface area (Å²) in [5.41, 5.74) is 0.834. The van der Waals surface area contributed by atoms with Crippen LogP contribution in [0.3, 0.4) is 0 Å². The predicted octanol–water partition coefficient (Wildman–Crippen LogP) is 6.60. The third-order valence-corrected chi connectivity index (χ3v) is 4.22. The largest absolute Gasteiger partial charge is 0.494 e. The van der Waals surface area contributed by atoms with E-state index in [0.29, 0.717) is 18.1 Å². The molecule has 0 radical (unpaired) electrons. The Hall–Kier alpha value is -2.96. The molecule has 0 unspecified atom stereocenters. The second-order valence-corrected chi connectivity index (χ2v) is 6.92. The topological polar surface area (TPSA) is 44.8 Å². The Kier molecular flexibility index (Phi) is 9.94. The van der Waals surface area contributed by atoms with Crippen molar-refractivity contribution in [3.8, 4) is 17.2 Å². The van der Waals surface area contributed by atoms with Crippen LogP contribution >= 0.6 is 0 Å². The van der Waals surface area contributed by atoms with E-state index >= 15 is 0 Å². The fraction of sp³-hybridized carbons (Fsp3) is 0.375. The highest BCUT2D eigenvalue weighted by atomic mass is 19.4. The highest BCUT2D eigenvalue weighted by molar-refractivity contribution is 5.88. The number of unbranched alkanes of at least 4 members (excludes halogenated alkanes) is 2. The van der Waals surface area contributed by atoms with Crippen LogP contribution in [0.25, 0.3) is 6.08 Å². The zero-order chi connectivity index (χ0) is 22.5. The molecular weight excluding hydrogens is 409 g/mol. The summed E-state index contributed by atoms with van der Waals surface area (Å²) in [7, 11) is 0. The van der Waals surface area contributed by atoms with Crippen molar-refractivity contribution in [2.24, 2.45) is 0 Å². The fourth-order valence-electron chi connectivity index (χ4n) is 2.60. The second kappa shape index (κ2) is 12.7. The second-order valence-electron chi connectivity index (χ2n) is 6.92. The SMILES string of the molecule is CCCCCOc1ccc(C=CC(=O)Oc2ccc(OCCCC(F)(F)F)cc2)cc1.